The number of rotatable bonds is 4. The topological polar surface area (TPSA) is 40.7 Å². The van der Waals surface area contributed by atoms with E-state index in [-0.39, 0.29) is 0 Å². The van der Waals surface area contributed by atoms with Crippen molar-refractivity contribution in [1.29, 1.82) is 0 Å². The van der Waals surface area contributed by atoms with E-state index >= 15 is 0 Å². The molecule has 106 valence electrons. The van der Waals surface area contributed by atoms with E-state index in [0.29, 0.717) is 6.04 Å². The Bertz CT molecular complexity index is 586. The van der Waals surface area contributed by atoms with Crippen molar-refractivity contribution in [2.75, 3.05) is 0 Å². The molecule has 0 spiro atoms. The van der Waals surface area contributed by atoms with Crippen LogP contribution >= 0.6 is 0 Å². The second kappa shape index (κ2) is 5.80. The van der Waals surface area contributed by atoms with E-state index in [0.717, 1.165) is 12.2 Å². The molecule has 3 rings (SSSR count). The van der Waals surface area contributed by atoms with Crippen molar-refractivity contribution < 1.29 is 0 Å². The molecule has 0 saturated carbocycles. The van der Waals surface area contributed by atoms with Gasteiger partial charge < -0.3 is 5.32 Å². The summed E-state index contributed by atoms with van der Waals surface area (Å²) in [5.74, 6) is 0. The highest BCUT2D eigenvalue weighted by Gasteiger charge is 2.12. The number of hydrogen-bond donors (Lipinski definition) is 2. The van der Waals surface area contributed by atoms with Crippen molar-refractivity contribution in [3.05, 3.63) is 52.3 Å². The second-order valence-electron chi connectivity index (χ2n) is 5.86. The second-order valence-corrected chi connectivity index (χ2v) is 5.86. The molecule has 20 heavy (non-hydrogen) atoms. The summed E-state index contributed by atoms with van der Waals surface area (Å²) in [6, 6.07) is 7.38. The Balaban J connectivity index is 1.67. The first kappa shape index (κ1) is 13.4. The first-order valence-electron chi connectivity index (χ1n) is 7.58. The normalized spacial score (nSPS) is 15.9. The van der Waals surface area contributed by atoms with E-state index in [1.807, 2.05) is 6.20 Å². The summed E-state index contributed by atoms with van der Waals surface area (Å²) >= 11 is 0. The highest BCUT2D eigenvalue weighted by Crippen LogP contribution is 2.24. The molecule has 0 amide bonds. The lowest BCUT2D eigenvalue weighted by molar-refractivity contribution is 0.571. The predicted molar refractivity (Wildman–Crippen MR) is 81.7 cm³/mol. The molecule has 0 radical (unpaired) electrons. The molecule has 3 heteroatoms. The number of aromatic nitrogens is 2. The molecule has 0 saturated heterocycles. The van der Waals surface area contributed by atoms with Crippen molar-refractivity contribution in [1.82, 2.24) is 15.5 Å². The zero-order valence-electron chi connectivity index (χ0n) is 12.4. The third-order valence-corrected chi connectivity index (χ3v) is 4.41. The van der Waals surface area contributed by atoms with Crippen LogP contribution in [0.25, 0.3) is 0 Å². The number of benzene rings is 1. The molecule has 0 bridgehead atoms. The van der Waals surface area contributed by atoms with Crippen LogP contribution in [-0.4, -0.2) is 10.2 Å². The Kier molecular flexibility index (Phi) is 3.88. The highest BCUT2D eigenvalue weighted by atomic mass is 15.1. The summed E-state index contributed by atoms with van der Waals surface area (Å²) in [5, 5.41) is 10.6. The Morgan fingerprint density at radius 1 is 1.25 bits per heavy atom. The summed E-state index contributed by atoms with van der Waals surface area (Å²) in [5.41, 5.74) is 6.90. The summed E-state index contributed by atoms with van der Waals surface area (Å²) in [6.45, 7) is 5.16. The number of nitrogens with zero attached hydrogens (tertiary/aromatic N) is 1. The van der Waals surface area contributed by atoms with Gasteiger partial charge in [0.05, 0.1) is 6.20 Å². The van der Waals surface area contributed by atoms with Crippen LogP contribution in [0.4, 0.5) is 0 Å². The number of H-pyrrole nitrogens is 1. The van der Waals surface area contributed by atoms with E-state index in [1.165, 1.54) is 36.8 Å². The fourth-order valence-electron chi connectivity index (χ4n) is 2.96. The minimum Gasteiger partial charge on any atom is -0.306 e. The molecule has 0 fully saturated rings. The molecule has 1 atom stereocenters. The van der Waals surface area contributed by atoms with Crippen molar-refractivity contribution in [3.8, 4) is 0 Å². The maximum absolute atomic E-state index is 4.07. The van der Waals surface area contributed by atoms with Gasteiger partial charge in [-0.1, -0.05) is 18.2 Å². The van der Waals surface area contributed by atoms with Crippen molar-refractivity contribution in [2.45, 2.75) is 52.1 Å². The van der Waals surface area contributed by atoms with E-state index < -0.39 is 0 Å². The molecule has 2 aromatic rings. The fraction of sp³-hybridized carbons (Fsp3) is 0.471. The molecular formula is C17H23N3. The average molecular weight is 269 g/mol. The molecule has 0 aliphatic heterocycles. The zero-order chi connectivity index (χ0) is 13.9. The zero-order valence-corrected chi connectivity index (χ0v) is 12.4. The smallest absolute Gasteiger partial charge is 0.0535 e. The average Bonchev–Trinajstić information content (AvgIpc) is 2.89. The SMILES string of the molecule is Cc1[nH]ncc1CN[C@@H](C)c1ccc2c(c1)CCCC2. The van der Waals surface area contributed by atoms with Crippen molar-refractivity contribution in [3.63, 3.8) is 0 Å². The van der Waals surface area contributed by atoms with Crippen LogP contribution in [0.1, 0.15) is 53.8 Å². The predicted octanol–water partition coefficient (Wildman–Crippen LogP) is 3.45. The van der Waals surface area contributed by atoms with Gasteiger partial charge in [0, 0.05) is 23.8 Å². The summed E-state index contributed by atoms with van der Waals surface area (Å²) in [6.07, 6.45) is 7.09. The van der Waals surface area contributed by atoms with Crippen LogP contribution in [0, 0.1) is 6.92 Å². The molecule has 2 N–H and O–H groups in total. The molecule has 1 aromatic carbocycles. The Morgan fingerprint density at radius 3 is 2.80 bits per heavy atom. The largest absolute Gasteiger partial charge is 0.306 e. The van der Waals surface area contributed by atoms with E-state index in [9.17, 15) is 0 Å². The van der Waals surface area contributed by atoms with Gasteiger partial charge in [-0.25, -0.2) is 0 Å². The van der Waals surface area contributed by atoms with Crippen molar-refractivity contribution >= 4 is 0 Å². The minimum atomic E-state index is 0.372. The van der Waals surface area contributed by atoms with Gasteiger partial charge in [0.2, 0.25) is 0 Å². The summed E-state index contributed by atoms with van der Waals surface area (Å²) < 4.78 is 0. The van der Waals surface area contributed by atoms with Gasteiger partial charge in [0.25, 0.3) is 0 Å². The number of nitrogens with one attached hydrogen (secondary N) is 2. The highest BCUT2D eigenvalue weighted by molar-refractivity contribution is 5.35. The minimum absolute atomic E-state index is 0.372. The number of hydrogen-bond acceptors (Lipinski definition) is 2. The maximum atomic E-state index is 4.07. The molecule has 1 aliphatic carbocycles. The summed E-state index contributed by atoms with van der Waals surface area (Å²) in [4.78, 5) is 0. The third kappa shape index (κ3) is 2.78. The Labute approximate surface area is 120 Å². The lowest BCUT2D eigenvalue weighted by Crippen LogP contribution is -2.19. The monoisotopic (exact) mass is 269 g/mol. The van der Waals surface area contributed by atoms with Crippen molar-refractivity contribution in [2.24, 2.45) is 0 Å². The fourth-order valence-corrected chi connectivity index (χ4v) is 2.96. The van der Waals surface area contributed by atoms with Gasteiger partial charge >= 0.3 is 0 Å². The molecular weight excluding hydrogens is 246 g/mol. The van der Waals surface area contributed by atoms with E-state index in [2.05, 4.69) is 47.6 Å². The standard InChI is InChI=1S/C17H23N3/c1-12(18-10-17-11-19-20-13(17)2)15-8-7-14-5-3-4-6-16(14)9-15/h7-9,11-12,18H,3-6,10H2,1-2H3,(H,19,20)/t12-/m0/s1. The van der Waals surface area contributed by atoms with E-state index in [1.54, 1.807) is 11.1 Å². The van der Waals surface area contributed by atoms with Gasteiger partial charge in [-0.2, -0.15) is 5.10 Å². The van der Waals surface area contributed by atoms with Crippen LogP contribution in [0.5, 0.6) is 0 Å². The van der Waals surface area contributed by atoms with Crippen LogP contribution in [-0.2, 0) is 19.4 Å². The molecule has 1 aliphatic rings. The third-order valence-electron chi connectivity index (χ3n) is 4.41. The van der Waals surface area contributed by atoms with Crippen LogP contribution in [0.2, 0.25) is 0 Å². The first-order chi connectivity index (χ1) is 9.74. The summed E-state index contributed by atoms with van der Waals surface area (Å²) in [7, 11) is 0. The lowest BCUT2D eigenvalue weighted by Gasteiger charge is -2.20. The maximum Gasteiger partial charge on any atom is 0.0535 e. The lowest BCUT2D eigenvalue weighted by atomic mass is 9.89. The van der Waals surface area contributed by atoms with Crippen LogP contribution in [0.15, 0.2) is 24.4 Å². The molecule has 1 heterocycles. The number of aryl methyl sites for hydroxylation is 3. The van der Waals surface area contributed by atoms with E-state index in [4.69, 9.17) is 0 Å². The number of fused-ring (bicyclic) bond motifs is 1. The molecule has 0 unspecified atom stereocenters. The van der Waals surface area contributed by atoms with Gasteiger partial charge in [-0.05, 0) is 56.2 Å². The quantitative estimate of drug-likeness (QED) is 0.892. The van der Waals surface area contributed by atoms with Gasteiger partial charge in [-0.3, -0.25) is 5.10 Å². The Hall–Kier alpha value is -1.61. The Morgan fingerprint density at radius 2 is 2.05 bits per heavy atom. The van der Waals surface area contributed by atoms with Gasteiger partial charge in [0.1, 0.15) is 0 Å². The van der Waals surface area contributed by atoms with Gasteiger partial charge in [-0.15, -0.1) is 0 Å². The molecule has 3 nitrogen and oxygen atoms in total. The molecule has 1 aromatic heterocycles. The number of aromatic amines is 1. The van der Waals surface area contributed by atoms with Crippen LogP contribution < -0.4 is 5.32 Å². The van der Waals surface area contributed by atoms with Gasteiger partial charge in [0.15, 0.2) is 0 Å². The van der Waals surface area contributed by atoms with Crippen LogP contribution in [0.3, 0.4) is 0 Å². The first-order valence-corrected chi connectivity index (χ1v) is 7.58.